The summed E-state index contributed by atoms with van der Waals surface area (Å²) in [5, 5.41) is 9.19. The van der Waals surface area contributed by atoms with E-state index in [1.165, 1.54) is 19.1 Å². The zero-order valence-electron chi connectivity index (χ0n) is 10.0. The molecule has 1 N–H and O–H groups in total. The minimum absolute atomic E-state index is 0.00347. The van der Waals surface area contributed by atoms with Gasteiger partial charge >= 0.3 is 5.97 Å². The fourth-order valence-electron chi connectivity index (χ4n) is 1.28. The minimum Gasteiger partial charge on any atom is -0.490 e. The monoisotopic (exact) mass is 326 g/mol. The van der Waals surface area contributed by atoms with Crippen molar-refractivity contribution in [3.05, 3.63) is 27.7 Å². The number of carbonyl (C=O) groups is 1. The molecule has 1 aromatic carbocycles. The molecule has 0 aromatic heterocycles. The Morgan fingerprint density at radius 1 is 1.37 bits per heavy atom. The van der Waals surface area contributed by atoms with Gasteiger partial charge in [-0.15, -0.1) is 0 Å². The molecule has 1 aromatic rings. The summed E-state index contributed by atoms with van der Waals surface area (Å²) < 4.78 is 27.8. The second-order valence-corrected chi connectivity index (χ2v) is 6.97. The van der Waals surface area contributed by atoms with Crippen molar-refractivity contribution in [2.75, 3.05) is 18.1 Å². The van der Waals surface area contributed by atoms with Crippen LogP contribution in [0.25, 0.3) is 0 Å². The van der Waals surface area contributed by atoms with Crippen molar-refractivity contribution in [1.82, 2.24) is 0 Å². The molecule has 106 valence electrons. The van der Waals surface area contributed by atoms with Crippen LogP contribution in [0.5, 0.6) is 5.75 Å². The molecule has 0 radical (unpaired) electrons. The van der Waals surface area contributed by atoms with E-state index in [9.17, 15) is 13.2 Å². The lowest BCUT2D eigenvalue weighted by atomic mass is 10.2. The van der Waals surface area contributed by atoms with E-state index in [0.717, 1.165) is 0 Å². The van der Waals surface area contributed by atoms with Crippen LogP contribution in [0.15, 0.2) is 12.1 Å². The lowest BCUT2D eigenvalue weighted by Gasteiger charge is -2.11. The molecular weight excluding hydrogens is 315 g/mol. The molecule has 0 aliphatic rings. The molecule has 0 amide bonds. The third-order valence-corrected chi connectivity index (χ3v) is 4.49. The Labute approximate surface area is 121 Å². The maximum atomic E-state index is 11.3. The van der Waals surface area contributed by atoms with Crippen LogP contribution in [-0.2, 0) is 9.84 Å². The largest absolute Gasteiger partial charge is 0.490 e. The molecule has 5 nitrogen and oxygen atoms in total. The molecule has 0 unspecified atom stereocenters. The predicted molar refractivity (Wildman–Crippen MR) is 73.2 cm³/mol. The molecule has 0 saturated heterocycles. The average Bonchev–Trinajstić information content (AvgIpc) is 2.31. The summed E-state index contributed by atoms with van der Waals surface area (Å²) >= 11 is 11.5. The average molecular weight is 327 g/mol. The van der Waals surface area contributed by atoms with Crippen LogP contribution < -0.4 is 4.74 Å². The van der Waals surface area contributed by atoms with E-state index in [1.54, 1.807) is 0 Å². The fourth-order valence-corrected chi connectivity index (χ4v) is 2.45. The van der Waals surface area contributed by atoms with E-state index in [4.69, 9.17) is 33.0 Å². The maximum absolute atomic E-state index is 11.3. The predicted octanol–water partition coefficient (Wildman–Crippen LogP) is 2.51. The standard InChI is InChI=1S/C11H12Cl2O5S/c1-2-19(16,17)4-3-18-10-8(11(14)15)5-7(12)6-9(10)13/h5-6H,2-4H2,1H3,(H,14,15). The number of rotatable bonds is 6. The highest BCUT2D eigenvalue weighted by Gasteiger charge is 2.17. The Kier molecular flexibility index (Phi) is 5.46. The number of halogens is 2. The molecule has 0 aliphatic heterocycles. The molecule has 8 heteroatoms. The van der Waals surface area contributed by atoms with Crippen LogP contribution in [0.4, 0.5) is 0 Å². The molecule has 0 heterocycles. The zero-order chi connectivity index (χ0) is 14.6. The number of carboxylic acids is 1. The van der Waals surface area contributed by atoms with Crippen LogP contribution in [0.1, 0.15) is 17.3 Å². The zero-order valence-corrected chi connectivity index (χ0v) is 12.3. The Morgan fingerprint density at radius 2 is 2.00 bits per heavy atom. The number of sulfone groups is 1. The van der Waals surface area contributed by atoms with E-state index in [-0.39, 0.29) is 39.5 Å². The highest BCUT2D eigenvalue weighted by molar-refractivity contribution is 7.91. The van der Waals surface area contributed by atoms with Crippen molar-refractivity contribution in [3.8, 4) is 5.75 Å². The summed E-state index contributed by atoms with van der Waals surface area (Å²) in [5.74, 6) is -1.54. The first-order valence-corrected chi connectivity index (χ1v) is 7.90. The first kappa shape index (κ1) is 16.1. The normalized spacial score (nSPS) is 11.3. The number of aromatic carboxylic acids is 1. The molecule has 0 spiro atoms. The molecule has 1 rings (SSSR count). The van der Waals surface area contributed by atoms with Crippen molar-refractivity contribution < 1.29 is 23.1 Å². The summed E-state index contributed by atoms with van der Waals surface area (Å²) in [6, 6.07) is 2.53. The van der Waals surface area contributed by atoms with E-state index in [1.807, 2.05) is 0 Å². The van der Waals surface area contributed by atoms with Gasteiger partial charge in [0.25, 0.3) is 0 Å². The second-order valence-electron chi connectivity index (χ2n) is 3.65. The number of hydrogen-bond acceptors (Lipinski definition) is 4. The van der Waals surface area contributed by atoms with Crippen molar-refractivity contribution in [2.45, 2.75) is 6.92 Å². The lowest BCUT2D eigenvalue weighted by Crippen LogP contribution is -2.16. The van der Waals surface area contributed by atoms with Crippen LogP contribution in [0.2, 0.25) is 10.0 Å². The highest BCUT2D eigenvalue weighted by Crippen LogP contribution is 2.32. The Balaban J connectivity index is 2.92. The van der Waals surface area contributed by atoms with Crippen LogP contribution >= 0.6 is 23.2 Å². The van der Waals surface area contributed by atoms with Crippen molar-refractivity contribution in [1.29, 1.82) is 0 Å². The Morgan fingerprint density at radius 3 is 2.53 bits per heavy atom. The third kappa shape index (κ3) is 4.56. The Hall–Kier alpha value is -0.980. The first-order valence-electron chi connectivity index (χ1n) is 5.32. The number of carboxylic acid groups (broad SMARTS) is 1. The van der Waals surface area contributed by atoms with E-state index in [0.29, 0.717) is 0 Å². The van der Waals surface area contributed by atoms with Crippen molar-refractivity contribution in [3.63, 3.8) is 0 Å². The second kappa shape index (κ2) is 6.45. The van der Waals surface area contributed by atoms with Crippen LogP contribution in [-0.4, -0.2) is 37.6 Å². The number of hydrogen-bond donors (Lipinski definition) is 1. The fraction of sp³-hybridized carbons (Fsp3) is 0.364. The van der Waals surface area contributed by atoms with E-state index < -0.39 is 15.8 Å². The summed E-state index contributed by atoms with van der Waals surface area (Å²) in [4.78, 5) is 11.0. The van der Waals surface area contributed by atoms with Crippen LogP contribution in [0.3, 0.4) is 0 Å². The summed E-state index contributed by atoms with van der Waals surface area (Å²) in [6.07, 6.45) is 0. The van der Waals surface area contributed by atoms with Gasteiger partial charge in [0.05, 0.1) is 10.8 Å². The van der Waals surface area contributed by atoms with Crippen LogP contribution in [0, 0.1) is 0 Å². The van der Waals surface area contributed by atoms with Gasteiger partial charge < -0.3 is 9.84 Å². The molecule has 0 saturated carbocycles. The molecule has 0 aliphatic carbocycles. The van der Waals surface area contributed by atoms with Crippen molar-refractivity contribution in [2.24, 2.45) is 0 Å². The van der Waals surface area contributed by atoms with Gasteiger partial charge in [0.15, 0.2) is 15.6 Å². The highest BCUT2D eigenvalue weighted by atomic mass is 35.5. The molecule has 0 atom stereocenters. The number of ether oxygens (including phenoxy) is 1. The summed E-state index contributed by atoms with van der Waals surface area (Å²) in [5.41, 5.74) is -0.202. The van der Waals surface area contributed by atoms with Gasteiger partial charge in [-0.2, -0.15) is 0 Å². The van der Waals surface area contributed by atoms with Gasteiger partial charge in [0.1, 0.15) is 12.2 Å². The summed E-state index contributed by atoms with van der Waals surface area (Å²) in [6.45, 7) is 1.35. The van der Waals surface area contributed by atoms with Gasteiger partial charge in [-0.25, -0.2) is 13.2 Å². The van der Waals surface area contributed by atoms with Gasteiger partial charge in [-0.05, 0) is 12.1 Å². The minimum atomic E-state index is -3.19. The maximum Gasteiger partial charge on any atom is 0.339 e. The van der Waals surface area contributed by atoms with E-state index in [2.05, 4.69) is 0 Å². The third-order valence-electron chi connectivity index (χ3n) is 2.32. The first-order chi connectivity index (χ1) is 8.76. The summed E-state index contributed by atoms with van der Waals surface area (Å²) in [7, 11) is -3.19. The van der Waals surface area contributed by atoms with E-state index >= 15 is 0 Å². The van der Waals surface area contributed by atoms with Gasteiger partial charge in [0.2, 0.25) is 0 Å². The Bertz CT molecular complexity index is 583. The van der Waals surface area contributed by atoms with Crippen molar-refractivity contribution >= 4 is 39.0 Å². The molecule has 0 fully saturated rings. The quantitative estimate of drug-likeness (QED) is 0.868. The lowest BCUT2D eigenvalue weighted by molar-refractivity contribution is 0.0692. The topological polar surface area (TPSA) is 80.7 Å². The molecular formula is C11H12Cl2O5S. The van der Waals surface area contributed by atoms with Gasteiger partial charge in [0, 0.05) is 10.8 Å². The SMILES string of the molecule is CCS(=O)(=O)CCOc1c(Cl)cc(Cl)cc1C(=O)O. The molecule has 19 heavy (non-hydrogen) atoms. The smallest absolute Gasteiger partial charge is 0.339 e. The number of benzene rings is 1. The van der Waals surface area contributed by atoms with Gasteiger partial charge in [-0.3, -0.25) is 0 Å². The van der Waals surface area contributed by atoms with Gasteiger partial charge in [-0.1, -0.05) is 30.1 Å². The molecule has 0 bridgehead atoms.